The van der Waals surface area contributed by atoms with Crippen LogP contribution in [0.3, 0.4) is 0 Å². The van der Waals surface area contributed by atoms with E-state index in [9.17, 15) is 4.79 Å². The molecule has 2 rings (SSSR count). The van der Waals surface area contributed by atoms with Gasteiger partial charge in [0.2, 0.25) is 0 Å². The Balaban J connectivity index is 2.18. The third kappa shape index (κ3) is 3.45. The number of nitrogens with one attached hydrogen (secondary N) is 1. The first-order chi connectivity index (χ1) is 9.10. The number of benzene rings is 1. The summed E-state index contributed by atoms with van der Waals surface area (Å²) in [6, 6.07) is 5.00. The van der Waals surface area contributed by atoms with Crippen molar-refractivity contribution in [2.75, 3.05) is 12.4 Å². The van der Waals surface area contributed by atoms with Gasteiger partial charge in [0.1, 0.15) is 5.01 Å². The molecule has 0 bridgehead atoms. The summed E-state index contributed by atoms with van der Waals surface area (Å²) in [6.45, 7) is 2.49. The van der Waals surface area contributed by atoms with Gasteiger partial charge in [0.05, 0.1) is 24.9 Å². The van der Waals surface area contributed by atoms with Gasteiger partial charge < -0.3 is 10.1 Å². The zero-order valence-electron chi connectivity index (χ0n) is 10.6. The van der Waals surface area contributed by atoms with Gasteiger partial charge in [-0.3, -0.25) is 0 Å². The number of carbonyl (C=O) groups excluding carboxylic acids is 1. The van der Waals surface area contributed by atoms with Gasteiger partial charge >= 0.3 is 5.97 Å². The van der Waals surface area contributed by atoms with Crippen LogP contribution in [-0.2, 0) is 11.3 Å². The number of methoxy groups -OCH3 is 1. The second-order valence-corrected chi connectivity index (χ2v) is 5.30. The average Bonchev–Trinajstić information content (AvgIpc) is 2.81. The quantitative estimate of drug-likeness (QED) is 0.877. The zero-order chi connectivity index (χ0) is 13.8. The molecule has 4 nitrogen and oxygen atoms in total. The Hall–Kier alpha value is -1.59. The summed E-state index contributed by atoms with van der Waals surface area (Å²) >= 11 is 7.52. The van der Waals surface area contributed by atoms with E-state index in [-0.39, 0.29) is 0 Å². The van der Waals surface area contributed by atoms with Gasteiger partial charge in [-0.2, -0.15) is 0 Å². The second-order valence-electron chi connectivity index (χ2n) is 3.92. The van der Waals surface area contributed by atoms with E-state index in [1.807, 2.05) is 12.3 Å². The standard InChI is InChI=1S/C13H13ClN2O2S/c1-8-7-19-12(16-8)6-15-11-5-9(14)3-4-10(11)13(17)18-2/h3-5,7,15H,6H2,1-2H3. The van der Waals surface area contributed by atoms with Crippen molar-refractivity contribution < 1.29 is 9.53 Å². The Labute approximate surface area is 120 Å². The van der Waals surface area contributed by atoms with Crippen molar-refractivity contribution >= 4 is 34.6 Å². The molecule has 0 aliphatic rings. The van der Waals surface area contributed by atoms with Crippen LogP contribution in [0.15, 0.2) is 23.6 Å². The highest BCUT2D eigenvalue weighted by molar-refractivity contribution is 7.09. The molecule has 0 saturated heterocycles. The Kier molecular flexibility index (Phi) is 4.39. The van der Waals surface area contributed by atoms with Crippen molar-refractivity contribution in [3.8, 4) is 0 Å². The molecular weight excluding hydrogens is 284 g/mol. The lowest BCUT2D eigenvalue weighted by Crippen LogP contribution is -2.08. The molecule has 0 spiro atoms. The Morgan fingerprint density at radius 2 is 2.32 bits per heavy atom. The number of thiazole rings is 1. The first-order valence-electron chi connectivity index (χ1n) is 5.63. The van der Waals surface area contributed by atoms with Crippen LogP contribution in [-0.4, -0.2) is 18.1 Å². The highest BCUT2D eigenvalue weighted by Gasteiger charge is 2.12. The van der Waals surface area contributed by atoms with E-state index in [4.69, 9.17) is 16.3 Å². The number of hydrogen-bond acceptors (Lipinski definition) is 5. The topological polar surface area (TPSA) is 51.2 Å². The molecule has 1 heterocycles. The van der Waals surface area contributed by atoms with E-state index < -0.39 is 5.97 Å². The van der Waals surface area contributed by atoms with Crippen molar-refractivity contribution in [1.29, 1.82) is 0 Å². The minimum Gasteiger partial charge on any atom is -0.465 e. The Morgan fingerprint density at radius 1 is 1.53 bits per heavy atom. The zero-order valence-corrected chi connectivity index (χ0v) is 12.1. The predicted molar refractivity (Wildman–Crippen MR) is 77.0 cm³/mol. The maximum atomic E-state index is 11.6. The number of nitrogens with zero attached hydrogens (tertiary/aromatic N) is 1. The number of rotatable bonds is 4. The summed E-state index contributed by atoms with van der Waals surface area (Å²) in [6.07, 6.45) is 0. The molecule has 1 aromatic heterocycles. The van der Waals surface area contributed by atoms with E-state index in [1.54, 1.807) is 29.5 Å². The van der Waals surface area contributed by atoms with Crippen LogP contribution in [0.25, 0.3) is 0 Å². The molecule has 0 aliphatic carbocycles. The summed E-state index contributed by atoms with van der Waals surface area (Å²) < 4.78 is 4.74. The van der Waals surface area contributed by atoms with Gasteiger partial charge in [-0.05, 0) is 25.1 Å². The molecular formula is C13H13ClN2O2S. The Morgan fingerprint density at radius 3 is 2.95 bits per heavy atom. The normalized spacial score (nSPS) is 10.3. The van der Waals surface area contributed by atoms with Gasteiger partial charge in [0.25, 0.3) is 0 Å². The minimum atomic E-state index is -0.394. The number of esters is 1. The van der Waals surface area contributed by atoms with Crippen molar-refractivity contribution in [2.24, 2.45) is 0 Å². The Bertz CT molecular complexity index is 598. The van der Waals surface area contributed by atoms with Gasteiger partial charge in [-0.15, -0.1) is 11.3 Å². The van der Waals surface area contributed by atoms with Gasteiger partial charge in [-0.1, -0.05) is 11.6 Å². The minimum absolute atomic E-state index is 0.394. The summed E-state index contributed by atoms with van der Waals surface area (Å²) in [7, 11) is 1.35. The van der Waals surface area contributed by atoms with Crippen LogP contribution in [0.1, 0.15) is 21.1 Å². The molecule has 1 N–H and O–H groups in total. The molecule has 0 atom stereocenters. The van der Waals surface area contributed by atoms with Crippen LogP contribution in [0.2, 0.25) is 5.02 Å². The molecule has 0 fully saturated rings. The van der Waals surface area contributed by atoms with Gasteiger partial charge in [0.15, 0.2) is 0 Å². The summed E-state index contributed by atoms with van der Waals surface area (Å²) in [5, 5.41) is 6.66. The highest BCUT2D eigenvalue weighted by Crippen LogP contribution is 2.23. The summed E-state index contributed by atoms with van der Waals surface area (Å²) in [4.78, 5) is 16.0. The molecule has 0 unspecified atom stereocenters. The number of carbonyl (C=O) groups is 1. The lowest BCUT2D eigenvalue weighted by Gasteiger charge is -2.10. The van der Waals surface area contributed by atoms with Crippen LogP contribution < -0.4 is 5.32 Å². The molecule has 0 aliphatic heterocycles. The number of ether oxygens (including phenoxy) is 1. The summed E-state index contributed by atoms with van der Waals surface area (Å²) in [5.41, 5.74) is 2.09. The molecule has 0 amide bonds. The third-order valence-corrected chi connectivity index (χ3v) is 3.69. The molecule has 0 saturated carbocycles. The molecule has 19 heavy (non-hydrogen) atoms. The fraction of sp³-hybridized carbons (Fsp3) is 0.231. The van der Waals surface area contributed by atoms with Crippen LogP contribution in [0.4, 0.5) is 5.69 Å². The van der Waals surface area contributed by atoms with Crippen molar-refractivity contribution in [2.45, 2.75) is 13.5 Å². The molecule has 0 radical (unpaired) electrons. The molecule has 1 aromatic carbocycles. The van der Waals surface area contributed by atoms with E-state index in [1.165, 1.54) is 7.11 Å². The number of halogens is 1. The SMILES string of the molecule is COC(=O)c1ccc(Cl)cc1NCc1nc(C)cs1. The summed E-state index contributed by atoms with van der Waals surface area (Å²) in [5.74, 6) is -0.394. The number of aromatic nitrogens is 1. The maximum absolute atomic E-state index is 11.6. The van der Waals surface area contributed by atoms with Crippen molar-refractivity contribution in [1.82, 2.24) is 4.98 Å². The van der Waals surface area contributed by atoms with Crippen LogP contribution >= 0.6 is 22.9 Å². The fourth-order valence-corrected chi connectivity index (χ4v) is 2.49. The van der Waals surface area contributed by atoms with Crippen LogP contribution in [0, 0.1) is 6.92 Å². The fourth-order valence-electron chi connectivity index (χ4n) is 1.61. The molecule has 6 heteroatoms. The molecule has 100 valence electrons. The van der Waals surface area contributed by atoms with E-state index in [2.05, 4.69) is 10.3 Å². The number of aryl methyl sites for hydroxylation is 1. The van der Waals surface area contributed by atoms with E-state index in [0.717, 1.165) is 10.7 Å². The maximum Gasteiger partial charge on any atom is 0.339 e. The van der Waals surface area contributed by atoms with E-state index in [0.29, 0.717) is 22.8 Å². The smallest absolute Gasteiger partial charge is 0.339 e. The average molecular weight is 297 g/mol. The van der Waals surface area contributed by atoms with Crippen molar-refractivity contribution in [3.63, 3.8) is 0 Å². The number of hydrogen-bond donors (Lipinski definition) is 1. The largest absolute Gasteiger partial charge is 0.465 e. The first kappa shape index (κ1) is 13.8. The monoisotopic (exact) mass is 296 g/mol. The second kappa shape index (κ2) is 6.04. The lowest BCUT2D eigenvalue weighted by molar-refractivity contribution is 0.0602. The first-order valence-corrected chi connectivity index (χ1v) is 6.88. The predicted octanol–water partition coefficient (Wildman–Crippen LogP) is 3.50. The number of anilines is 1. The van der Waals surface area contributed by atoms with Gasteiger partial charge in [-0.25, -0.2) is 9.78 Å². The van der Waals surface area contributed by atoms with Crippen LogP contribution in [0.5, 0.6) is 0 Å². The molecule has 2 aromatic rings. The highest BCUT2D eigenvalue weighted by atomic mass is 35.5. The van der Waals surface area contributed by atoms with E-state index >= 15 is 0 Å². The van der Waals surface area contributed by atoms with Gasteiger partial charge in [0, 0.05) is 16.1 Å². The lowest BCUT2D eigenvalue weighted by atomic mass is 10.2. The third-order valence-electron chi connectivity index (χ3n) is 2.48. The van der Waals surface area contributed by atoms with Crippen molar-refractivity contribution in [3.05, 3.63) is 44.9 Å².